The molecule has 2 rings (SSSR count). The number of rotatable bonds is 6. The third-order valence-electron chi connectivity index (χ3n) is 3.42. The number of hydrogen-bond acceptors (Lipinski definition) is 2. The second-order valence-electron chi connectivity index (χ2n) is 5.47. The average molecular weight is 319 g/mol. The van der Waals surface area contributed by atoms with Gasteiger partial charge in [-0.15, -0.1) is 0 Å². The molecule has 0 unspecified atom stereocenters. The van der Waals surface area contributed by atoms with E-state index in [2.05, 4.69) is 13.8 Å². The van der Waals surface area contributed by atoms with Crippen molar-refractivity contribution in [2.75, 3.05) is 0 Å². The monoisotopic (exact) mass is 318 g/mol. The van der Waals surface area contributed by atoms with Gasteiger partial charge in [-0.1, -0.05) is 55.8 Å². The summed E-state index contributed by atoms with van der Waals surface area (Å²) in [6, 6.07) is 14.7. The zero-order chi connectivity index (χ0) is 16.1. The lowest BCUT2D eigenvalue weighted by atomic mass is 10.0. The van der Waals surface area contributed by atoms with Gasteiger partial charge in [0.15, 0.2) is 6.10 Å². The van der Waals surface area contributed by atoms with E-state index in [1.165, 1.54) is 0 Å². The minimum absolute atomic E-state index is 0.265. The van der Waals surface area contributed by atoms with Crippen molar-refractivity contribution in [1.82, 2.24) is 0 Å². The van der Waals surface area contributed by atoms with Crippen molar-refractivity contribution >= 4 is 17.6 Å². The maximum absolute atomic E-state index is 11.5. The molecule has 0 saturated heterocycles. The smallest absolute Gasteiger partial charge is 0.345 e. The number of hydrogen-bond donors (Lipinski definition) is 1. The van der Waals surface area contributed by atoms with Gasteiger partial charge < -0.3 is 9.84 Å². The number of aliphatic carboxylic acids is 1. The normalized spacial score (nSPS) is 12.2. The van der Waals surface area contributed by atoms with Gasteiger partial charge in [-0.25, -0.2) is 4.79 Å². The van der Waals surface area contributed by atoms with E-state index in [1.807, 2.05) is 36.4 Å². The second kappa shape index (κ2) is 7.32. The first-order valence-electron chi connectivity index (χ1n) is 7.20. The zero-order valence-electron chi connectivity index (χ0n) is 12.6. The molecule has 0 bridgehead atoms. The molecule has 4 heteroatoms. The van der Waals surface area contributed by atoms with E-state index in [0.717, 1.165) is 11.1 Å². The van der Waals surface area contributed by atoms with Crippen LogP contribution >= 0.6 is 11.6 Å². The molecule has 0 saturated carbocycles. The molecule has 3 nitrogen and oxygen atoms in total. The Hall–Kier alpha value is -2.00. The third-order valence-corrected chi connectivity index (χ3v) is 3.67. The van der Waals surface area contributed by atoms with Gasteiger partial charge in [-0.05, 0) is 35.2 Å². The van der Waals surface area contributed by atoms with Crippen LogP contribution < -0.4 is 4.74 Å². The lowest BCUT2D eigenvalue weighted by Gasteiger charge is -2.19. The van der Waals surface area contributed by atoms with Gasteiger partial charge in [-0.3, -0.25) is 0 Å². The fourth-order valence-electron chi connectivity index (χ4n) is 2.23. The van der Waals surface area contributed by atoms with Crippen LogP contribution in [0.1, 0.15) is 30.9 Å². The molecule has 0 amide bonds. The average Bonchev–Trinajstić information content (AvgIpc) is 2.49. The standard InChI is InChI=1S/C18H19ClO3/c1-12(2)15-5-3-4-6-16(15)22-17(18(20)21)11-13-7-9-14(19)10-8-13/h3-10,12,17H,11H2,1-2H3,(H,20,21)/t17-/m0/s1. The van der Waals surface area contributed by atoms with Crippen LogP contribution in [0.5, 0.6) is 5.75 Å². The predicted molar refractivity (Wildman–Crippen MR) is 87.7 cm³/mol. The van der Waals surface area contributed by atoms with Crippen LogP contribution in [-0.4, -0.2) is 17.2 Å². The van der Waals surface area contributed by atoms with Crippen LogP contribution in [0.2, 0.25) is 5.02 Å². The molecule has 22 heavy (non-hydrogen) atoms. The minimum atomic E-state index is -0.978. The SMILES string of the molecule is CC(C)c1ccccc1O[C@@H](Cc1ccc(Cl)cc1)C(=O)O. The molecule has 0 spiro atoms. The Balaban J connectivity index is 2.19. The van der Waals surface area contributed by atoms with E-state index in [-0.39, 0.29) is 5.92 Å². The molecule has 0 aliphatic rings. The summed E-state index contributed by atoms with van der Waals surface area (Å²) in [5.74, 6) is -0.0893. The van der Waals surface area contributed by atoms with Crippen molar-refractivity contribution in [2.45, 2.75) is 32.3 Å². The van der Waals surface area contributed by atoms with Gasteiger partial charge in [0.2, 0.25) is 0 Å². The fourth-order valence-corrected chi connectivity index (χ4v) is 2.36. The second-order valence-corrected chi connectivity index (χ2v) is 5.90. The van der Waals surface area contributed by atoms with Crippen LogP contribution in [0.4, 0.5) is 0 Å². The quantitative estimate of drug-likeness (QED) is 0.850. The van der Waals surface area contributed by atoms with Gasteiger partial charge in [0, 0.05) is 11.4 Å². The first-order chi connectivity index (χ1) is 10.5. The van der Waals surface area contributed by atoms with Crippen molar-refractivity contribution in [3.05, 3.63) is 64.7 Å². The van der Waals surface area contributed by atoms with E-state index in [0.29, 0.717) is 17.2 Å². The summed E-state index contributed by atoms with van der Waals surface area (Å²) in [7, 11) is 0. The van der Waals surface area contributed by atoms with Gasteiger partial charge >= 0.3 is 5.97 Å². The van der Waals surface area contributed by atoms with Crippen molar-refractivity contribution < 1.29 is 14.6 Å². The van der Waals surface area contributed by atoms with Crippen molar-refractivity contribution in [3.63, 3.8) is 0 Å². The molecule has 1 N–H and O–H groups in total. The Labute approximate surface area is 135 Å². The van der Waals surface area contributed by atoms with Crippen molar-refractivity contribution in [2.24, 2.45) is 0 Å². The maximum Gasteiger partial charge on any atom is 0.345 e. The molecule has 1 atom stereocenters. The Bertz CT molecular complexity index is 635. The summed E-state index contributed by atoms with van der Waals surface area (Å²) in [4.78, 5) is 11.5. The number of benzene rings is 2. The highest BCUT2D eigenvalue weighted by molar-refractivity contribution is 6.30. The number of carbonyl (C=O) groups is 1. The zero-order valence-corrected chi connectivity index (χ0v) is 13.4. The van der Waals surface area contributed by atoms with Gasteiger partial charge in [-0.2, -0.15) is 0 Å². The molecule has 116 valence electrons. The molecule has 2 aromatic carbocycles. The molecule has 0 aliphatic heterocycles. The molecule has 0 aliphatic carbocycles. The molecular formula is C18H19ClO3. The Morgan fingerprint density at radius 1 is 1.14 bits per heavy atom. The van der Waals surface area contributed by atoms with E-state index >= 15 is 0 Å². The molecular weight excluding hydrogens is 300 g/mol. The number of para-hydroxylation sites is 1. The van der Waals surface area contributed by atoms with Gasteiger partial charge in [0.1, 0.15) is 5.75 Å². The predicted octanol–water partition coefficient (Wildman–Crippen LogP) is 4.54. The Kier molecular flexibility index (Phi) is 5.45. The van der Waals surface area contributed by atoms with Crippen molar-refractivity contribution in [1.29, 1.82) is 0 Å². The van der Waals surface area contributed by atoms with E-state index in [4.69, 9.17) is 16.3 Å². The maximum atomic E-state index is 11.5. The summed E-state index contributed by atoms with van der Waals surface area (Å²) in [6.07, 6.45) is -0.639. The molecule has 0 aromatic heterocycles. The van der Waals surface area contributed by atoms with Crippen LogP contribution in [0.15, 0.2) is 48.5 Å². The summed E-state index contributed by atoms with van der Waals surface area (Å²) in [5.41, 5.74) is 1.88. The Morgan fingerprint density at radius 3 is 2.36 bits per heavy atom. The molecule has 0 fully saturated rings. The largest absolute Gasteiger partial charge is 0.478 e. The number of carboxylic acid groups (broad SMARTS) is 1. The minimum Gasteiger partial charge on any atom is -0.478 e. The van der Waals surface area contributed by atoms with E-state index < -0.39 is 12.1 Å². The molecule has 0 heterocycles. The first kappa shape index (κ1) is 16.4. The lowest BCUT2D eigenvalue weighted by molar-refractivity contribution is -0.145. The summed E-state index contributed by atoms with van der Waals surface area (Å²) in [5, 5.41) is 10.1. The Morgan fingerprint density at radius 2 is 1.77 bits per heavy atom. The van der Waals surface area contributed by atoms with E-state index in [1.54, 1.807) is 12.1 Å². The third kappa shape index (κ3) is 4.25. The number of carboxylic acids is 1. The summed E-state index contributed by atoms with van der Waals surface area (Å²) >= 11 is 5.85. The van der Waals surface area contributed by atoms with Crippen LogP contribution in [-0.2, 0) is 11.2 Å². The van der Waals surface area contributed by atoms with E-state index in [9.17, 15) is 9.90 Å². The number of halogens is 1. The molecule has 2 aromatic rings. The van der Waals surface area contributed by atoms with Crippen molar-refractivity contribution in [3.8, 4) is 5.75 Å². The van der Waals surface area contributed by atoms with Crippen LogP contribution in [0.25, 0.3) is 0 Å². The highest BCUT2D eigenvalue weighted by atomic mass is 35.5. The van der Waals surface area contributed by atoms with Crippen LogP contribution in [0, 0.1) is 0 Å². The van der Waals surface area contributed by atoms with Gasteiger partial charge in [0.25, 0.3) is 0 Å². The summed E-state index contributed by atoms with van der Waals surface area (Å²) in [6.45, 7) is 4.11. The number of ether oxygens (including phenoxy) is 1. The highest BCUT2D eigenvalue weighted by Gasteiger charge is 2.21. The topological polar surface area (TPSA) is 46.5 Å². The highest BCUT2D eigenvalue weighted by Crippen LogP contribution is 2.27. The van der Waals surface area contributed by atoms with Crippen LogP contribution in [0.3, 0.4) is 0 Å². The fraction of sp³-hybridized carbons (Fsp3) is 0.278. The first-order valence-corrected chi connectivity index (χ1v) is 7.58. The molecule has 0 radical (unpaired) electrons. The summed E-state index contributed by atoms with van der Waals surface area (Å²) < 4.78 is 5.77. The van der Waals surface area contributed by atoms with Gasteiger partial charge in [0.05, 0.1) is 0 Å². The lowest BCUT2D eigenvalue weighted by Crippen LogP contribution is -2.29.